The van der Waals surface area contributed by atoms with Gasteiger partial charge in [-0.15, -0.1) is 0 Å². The van der Waals surface area contributed by atoms with Gasteiger partial charge in [-0.25, -0.2) is 4.98 Å². The molecular weight excluding hydrogens is 238 g/mol. The fourth-order valence-electron chi connectivity index (χ4n) is 1.57. The molecule has 4 heteroatoms. The Balaban J connectivity index is 1.87. The molecule has 0 aliphatic heterocycles. The number of benzene rings is 1. The average Bonchev–Trinajstić information content (AvgIpc) is 2.46. The van der Waals surface area contributed by atoms with Crippen LogP contribution in [-0.2, 0) is 6.61 Å². The molecule has 2 rings (SSSR count). The number of anilines is 1. The first-order chi connectivity index (χ1) is 9.28. The van der Waals surface area contributed by atoms with Gasteiger partial charge in [0.05, 0.1) is 18.1 Å². The minimum absolute atomic E-state index is 0.435. The van der Waals surface area contributed by atoms with E-state index < -0.39 is 0 Å². The lowest BCUT2D eigenvalue weighted by Gasteiger charge is -2.07. The lowest BCUT2D eigenvalue weighted by Crippen LogP contribution is -2.04. The number of nitrogens with zero attached hydrogens (tertiary/aromatic N) is 2. The molecule has 0 aliphatic rings. The Hall–Kier alpha value is -2.10. The van der Waals surface area contributed by atoms with Gasteiger partial charge in [-0.2, -0.15) is 0 Å². The van der Waals surface area contributed by atoms with Crippen LogP contribution in [0.2, 0.25) is 0 Å². The van der Waals surface area contributed by atoms with Crippen LogP contribution in [0.5, 0.6) is 5.75 Å². The Labute approximate surface area is 113 Å². The summed E-state index contributed by atoms with van der Waals surface area (Å²) in [7, 11) is 0. The third kappa shape index (κ3) is 4.25. The summed E-state index contributed by atoms with van der Waals surface area (Å²) in [6.07, 6.45) is 4.55. The SMILES string of the molecule is CCCNc1cnc(COc2ccc(C)cc2)cn1. The third-order valence-corrected chi connectivity index (χ3v) is 2.67. The molecule has 1 N–H and O–H groups in total. The van der Waals surface area contributed by atoms with Crippen LogP contribution in [0.15, 0.2) is 36.7 Å². The summed E-state index contributed by atoms with van der Waals surface area (Å²) < 4.78 is 5.65. The standard InChI is InChI=1S/C15H19N3O/c1-3-8-16-15-10-17-13(9-18-15)11-19-14-6-4-12(2)5-7-14/h4-7,9-10H,3,8,11H2,1-2H3,(H,16,18). The summed E-state index contributed by atoms with van der Waals surface area (Å²) in [5.74, 6) is 1.65. The summed E-state index contributed by atoms with van der Waals surface area (Å²) in [4.78, 5) is 8.60. The highest BCUT2D eigenvalue weighted by molar-refractivity contribution is 5.31. The molecule has 1 heterocycles. The monoisotopic (exact) mass is 257 g/mol. The second-order valence-electron chi connectivity index (χ2n) is 4.42. The second-order valence-corrected chi connectivity index (χ2v) is 4.42. The van der Waals surface area contributed by atoms with Crippen LogP contribution < -0.4 is 10.1 Å². The van der Waals surface area contributed by atoms with Crippen LogP contribution in [0.3, 0.4) is 0 Å². The first kappa shape index (κ1) is 13.3. The fourth-order valence-corrected chi connectivity index (χ4v) is 1.57. The number of hydrogen-bond donors (Lipinski definition) is 1. The quantitative estimate of drug-likeness (QED) is 0.863. The summed E-state index contributed by atoms with van der Waals surface area (Å²) in [5.41, 5.74) is 2.04. The van der Waals surface area contributed by atoms with E-state index >= 15 is 0 Å². The Kier molecular flexibility index (Phi) is 4.72. The topological polar surface area (TPSA) is 47.0 Å². The van der Waals surface area contributed by atoms with Crippen molar-refractivity contribution in [3.63, 3.8) is 0 Å². The van der Waals surface area contributed by atoms with E-state index in [0.29, 0.717) is 6.61 Å². The number of ether oxygens (including phenoxy) is 1. The van der Waals surface area contributed by atoms with Crippen molar-refractivity contribution in [3.05, 3.63) is 47.9 Å². The number of rotatable bonds is 6. The Morgan fingerprint density at radius 1 is 1.11 bits per heavy atom. The van der Waals surface area contributed by atoms with Crippen molar-refractivity contribution in [1.29, 1.82) is 0 Å². The molecule has 0 spiro atoms. The van der Waals surface area contributed by atoms with Crippen molar-refractivity contribution in [1.82, 2.24) is 9.97 Å². The van der Waals surface area contributed by atoms with E-state index in [2.05, 4.69) is 29.1 Å². The molecule has 100 valence electrons. The second kappa shape index (κ2) is 6.73. The van der Waals surface area contributed by atoms with Gasteiger partial charge < -0.3 is 10.1 Å². The number of nitrogens with one attached hydrogen (secondary N) is 1. The van der Waals surface area contributed by atoms with Gasteiger partial charge in [0.15, 0.2) is 0 Å². The molecular formula is C15H19N3O. The first-order valence-electron chi connectivity index (χ1n) is 6.52. The summed E-state index contributed by atoms with van der Waals surface area (Å²) in [6, 6.07) is 7.97. The molecule has 2 aromatic rings. The molecule has 19 heavy (non-hydrogen) atoms. The molecule has 0 amide bonds. The van der Waals surface area contributed by atoms with E-state index in [4.69, 9.17) is 4.74 Å². The van der Waals surface area contributed by atoms with Crippen molar-refractivity contribution < 1.29 is 4.74 Å². The van der Waals surface area contributed by atoms with E-state index in [1.807, 2.05) is 24.3 Å². The van der Waals surface area contributed by atoms with Crippen LogP contribution in [0.4, 0.5) is 5.82 Å². The van der Waals surface area contributed by atoms with Crippen LogP contribution >= 0.6 is 0 Å². The van der Waals surface area contributed by atoms with Gasteiger partial charge in [-0.3, -0.25) is 4.98 Å². The molecule has 0 bridgehead atoms. The largest absolute Gasteiger partial charge is 0.487 e. The zero-order chi connectivity index (χ0) is 13.5. The van der Waals surface area contributed by atoms with Crippen molar-refractivity contribution >= 4 is 5.82 Å². The zero-order valence-electron chi connectivity index (χ0n) is 11.4. The minimum atomic E-state index is 0.435. The van der Waals surface area contributed by atoms with E-state index in [1.54, 1.807) is 12.4 Å². The number of hydrogen-bond acceptors (Lipinski definition) is 4. The molecule has 1 aromatic heterocycles. The minimum Gasteiger partial charge on any atom is -0.487 e. The van der Waals surface area contributed by atoms with Gasteiger partial charge in [-0.1, -0.05) is 24.6 Å². The maximum atomic E-state index is 5.65. The predicted molar refractivity (Wildman–Crippen MR) is 76.3 cm³/mol. The Morgan fingerprint density at radius 3 is 2.53 bits per heavy atom. The fraction of sp³-hybridized carbons (Fsp3) is 0.333. The first-order valence-corrected chi connectivity index (χ1v) is 6.52. The van der Waals surface area contributed by atoms with Crippen molar-refractivity contribution in [2.45, 2.75) is 26.9 Å². The Morgan fingerprint density at radius 2 is 1.89 bits per heavy atom. The summed E-state index contributed by atoms with van der Waals surface area (Å²) >= 11 is 0. The number of aromatic nitrogens is 2. The smallest absolute Gasteiger partial charge is 0.144 e. The van der Waals surface area contributed by atoms with Crippen LogP contribution in [-0.4, -0.2) is 16.5 Å². The zero-order valence-corrected chi connectivity index (χ0v) is 11.4. The summed E-state index contributed by atoms with van der Waals surface area (Å²) in [5, 5.41) is 3.19. The molecule has 0 radical (unpaired) electrons. The van der Waals surface area contributed by atoms with Crippen LogP contribution in [0.25, 0.3) is 0 Å². The van der Waals surface area contributed by atoms with E-state index in [0.717, 1.165) is 30.2 Å². The molecule has 4 nitrogen and oxygen atoms in total. The molecule has 0 saturated carbocycles. The van der Waals surface area contributed by atoms with Crippen LogP contribution in [0, 0.1) is 6.92 Å². The van der Waals surface area contributed by atoms with Crippen molar-refractivity contribution in [3.8, 4) is 5.75 Å². The lowest BCUT2D eigenvalue weighted by atomic mass is 10.2. The van der Waals surface area contributed by atoms with Gasteiger partial charge in [0, 0.05) is 6.54 Å². The molecule has 0 atom stereocenters. The molecule has 0 fully saturated rings. The van der Waals surface area contributed by atoms with Gasteiger partial charge in [0.25, 0.3) is 0 Å². The predicted octanol–water partition coefficient (Wildman–Crippen LogP) is 3.19. The highest BCUT2D eigenvalue weighted by Crippen LogP contribution is 2.13. The maximum absolute atomic E-state index is 5.65. The maximum Gasteiger partial charge on any atom is 0.144 e. The van der Waals surface area contributed by atoms with Crippen LogP contribution in [0.1, 0.15) is 24.6 Å². The van der Waals surface area contributed by atoms with Gasteiger partial charge in [-0.05, 0) is 25.5 Å². The lowest BCUT2D eigenvalue weighted by molar-refractivity contribution is 0.301. The van der Waals surface area contributed by atoms with Gasteiger partial charge in [0.1, 0.15) is 18.2 Å². The molecule has 1 aromatic carbocycles. The van der Waals surface area contributed by atoms with E-state index in [1.165, 1.54) is 5.56 Å². The average molecular weight is 257 g/mol. The molecule has 0 saturated heterocycles. The molecule has 0 unspecified atom stereocenters. The third-order valence-electron chi connectivity index (χ3n) is 2.67. The van der Waals surface area contributed by atoms with E-state index in [9.17, 15) is 0 Å². The highest BCUT2D eigenvalue weighted by atomic mass is 16.5. The molecule has 0 aliphatic carbocycles. The number of aryl methyl sites for hydroxylation is 1. The summed E-state index contributed by atoms with van der Waals surface area (Å²) in [6.45, 7) is 5.51. The van der Waals surface area contributed by atoms with Gasteiger partial charge in [0.2, 0.25) is 0 Å². The van der Waals surface area contributed by atoms with Crippen molar-refractivity contribution in [2.24, 2.45) is 0 Å². The van der Waals surface area contributed by atoms with Gasteiger partial charge >= 0.3 is 0 Å². The van der Waals surface area contributed by atoms with Crippen molar-refractivity contribution in [2.75, 3.05) is 11.9 Å². The highest BCUT2D eigenvalue weighted by Gasteiger charge is 1.99. The normalized spacial score (nSPS) is 10.2. The van der Waals surface area contributed by atoms with E-state index in [-0.39, 0.29) is 0 Å². The Bertz CT molecular complexity index is 494.